The van der Waals surface area contributed by atoms with Gasteiger partial charge in [0, 0.05) is 49.2 Å². The summed E-state index contributed by atoms with van der Waals surface area (Å²) in [4.78, 5) is 21.9. The molecule has 0 unspecified atom stereocenters. The third-order valence-electron chi connectivity index (χ3n) is 5.81. The number of nitrogens with zero attached hydrogens (tertiary/aromatic N) is 4. The molecule has 1 fully saturated rings. The molecule has 1 amide bonds. The van der Waals surface area contributed by atoms with E-state index in [1.165, 1.54) is 5.56 Å². The summed E-state index contributed by atoms with van der Waals surface area (Å²) in [6.07, 6.45) is 6.48. The number of rotatable bonds is 5. The van der Waals surface area contributed by atoms with Crippen molar-refractivity contribution in [1.29, 1.82) is 0 Å². The summed E-state index contributed by atoms with van der Waals surface area (Å²) >= 11 is 0. The molecule has 0 radical (unpaired) electrons. The standard InChI is InChI=1S/C23H23N5O2/c29-22(28-13-9-17(10-14-28)16-7-11-24-12-8-16)6-5-21-26-27-23(30-21)20-15-18-3-1-2-4-19(18)25-20/h1-4,7-8,11-12,15,17,25H,5-6,9-10,13-14H2. The lowest BCUT2D eigenvalue weighted by Gasteiger charge is -2.32. The number of carbonyl (C=O) groups is 1. The molecule has 1 aromatic carbocycles. The van der Waals surface area contributed by atoms with Gasteiger partial charge in [0.15, 0.2) is 0 Å². The first kappa shape index (κ1) is 18.5. The minimum Gasteiger partial charge on any atom is -0.419 e. The summed E-state index contributed by atoms with van der Waals surface area (Å²) in [7, 11) is 0. The van der Waals surface area contributed by atoms with Gasteiger partial charge in [-0.25, -0.2) is 0 Å². The number of piperidine rings is 1. The van der Waals surface area contributed by atoms with E-state index >= 15 is 0 Å². The SMILES string of the molecule is O=C(CCc1nnc(-c2cc3ccccc3[nH]2)o1)N1CCC(c2ccncc2)CC1. The van der Waals surface area contributed by atoms with E-state index < -0.39 is 0 Å². The van der Waals surface area contributed by atoms with Crippen LogP contribution >= 0.6 is 0 Å². The average molecular weight is 401 g/mol. The lowest BCUT2D eigenvalue weighted by Crippen LogP contribution is -2.38. The summed E-state index contributed by atoms with van der Waals surface area (Å²) in [6, 6.07) is 14.1. The molecule has 30 heavy (non-hydrogen) atoms. The van der Waals surface area contributed by atoms with Crippen molar-refractivity contribution in [3.63, 3.8) is 0 Å². The number of hydrogen-bond acceptors (Lipinski definition) is 5. The molecule has 4 aromatic rings. The third kappa shape index (κ3) is 3.83. The van der Waals surface area contributed by atoms with E-state index in [9.17, 15) is 4.79 Å². The zero-order valence-electron chi connectivity index (χ0n) is 16.6. The molecule has 7 nitrogen and oxygen atoms in total. The number of aromatic nitrogens is 4. The molecule has 7 heteroatoms. The van der Waals surface area contributed by atoms with Gasteiger partial charge in [0.1, 0.15) is 5.69 Å². The smallest absolute Gasteiger partial charge is 0.264 e. The van der Waals surface area contributed by atoms with Crippen LogP contribution in [0.5, 0.6) is 0 Å². The molecule has 0 spiro atoms. The fraction of sp³-hybridized carbons (Fsp3) is 0.304. The number of pyridine rings is 1. The van der Waals surface area contributed by atoms with Crippen LogP contribution in [0.15, 0.2) is 59.3 Å². The van der Waals surface area contributed by atoms with Gasteiger partial charge >= 0.3 is 0 Å². The summed E-state index contributed by atoms with van der Waals surface area (Å²) in [5, 5.41) is 9.35. The molecule has 1 aliphatic heterocycles. The molecular weight excluding hydrogens is 378 g/mol. The van der Waals surface area contributed by atoms with Gasteiger partial charge in [-0.1, -0.05) is 18.2 Å². The predicted molar refractivity (Wildman–Crippen MR) is 113 cm³/mol. The molecular formula is C23H23N5O2. The van der Waals surface area contributed by atoms with Crippen LogP contribution in [0.1, 0.15) is 36.6 Å². The number of aryl methyl sites for hydroxylation is 1. The van der Waals surface area contributed by atoms with E-state index in [4.69, 9.17) is 4.42 Å². The first-order valence-corrected chi connectivity index (χ1v) is 10.3. The summed E-state index contributed by atoms with van der Waals surface area (Å²) in [6.45, 7) is 1.58. The van der Waals surface area contributed by atoms with Gasteiger partial charge in [-0.15, -0.1) is 10.2 Å². The highest BCUT2D eigenvalue weighted by Gasteiger charge is 2.24. The van der Waals surface area contributed by atoms with Crippen molar-refractivity contribution in [3.05, 3.63) is 66.3 Å². The monoisotopic (exact) mass is 401 g/mol. The van der Waals surface area contributed by atoms with E-state index in [1.54, 1.807) is 0 Å². The molecule has 152 valence electrons. The number of hydrogen-bond donors (Lipinski definition) is 1. The number of aromatic amines is 1. The van der Waals surface area contributed by atoms with Crippen molar-refractivity contribution in [3.8, 4) is 11.6 Å². The van der Waals surface area contributed by atoms with Crippen LogP contribution < -0.4 is 0 Å². The van der Waals surface area contributed by atoms with Crippen LogP contribution in [0.2, 0.25) is 0 Å². The molecule has 3 aromatic heterocycles. The van der Waals surface area contributed by atoms with Crippen LogP contribution in [-0.2, 0) is 11.2 Å². The minimum absolute atomic E-state index is 0.147. The van der Waals surface area contributed by atoms with Crippen molar-refractivity contribution in [1.82, 2.24) is 25.1 Å². The summed E-state index contributed by atoms with van der Waals surface area (Å²) in [5.74, 6) is 1.59. The molecule has 1 N–H and O–H groups in total. The van der Waals surface area contributed by atoms with Gasteiger partial charge in [0.05, 0.1) is 0 Å². The topological polar surface area (TPSA) is 87.9 Å². The zero-order chi connectivity index (χ0) is 20.3. The Hall–Kier alpha value is -3.48. The Kier molecular flexibility index (Phi) is 5.01. The van der Waals surface area contributed by atoms with Crippen molar-refractivity contribution >= 4 is 16.8 Å². The van der Waals surface area contributed by atoms with E-state index in [1.807, 2.05) is 47.6 Å². The van der Waals surface area contributed by atoms with Crippen molar-refractivity contribution in [2.24, 2.45) is 0 Å². The summed E-state index contributed by atoms with van der Waals surface area (Å²) in [5.41, 5.74) is 3.13. The Morgan fingerprint density at radius 2 is 1.90 bits per heavy atom. The van der Waals surface area contributed by atoms with Gasteiger partial charge < -0.3 is 14.3 Å². The van der Waals surface area contributed by atoms with Gasteiger partial charge in [0.2, 0.25) is 11.8 Å². The van der Waals surface area contributed by atoms with Crippen LogP contribution in [0.4, 0.5) is 0 Å². The Morgan fingerprint density at radius 1 is 1.10 bits per heavy atom. The fourth-order valence-corrected chi connectivity index (χ4v) is 4.12. The molecule has 4 heterocycles. The second-order valence-electron chi connectivity index (χ2n) is 7.71. The van der Waals surface area contributed by atoms with E-state index in [2.05, 4.69) is 32.3 Å². The molecule has 0 bridgehead atoms. The highest BCUT2D eigenvalue weighted by molar-refractivity contribution is 5.84. The maximum atomic E-state index is 12.6. The quantitative estimate of drug-likeness (QED) is 0.547. The second-order valence-corrected chi connectivity index (χ2v) is 7.71. The molecule has 0 saturated carbocycles. The number of benzene rings is 1. The molecule has 1 aliphatic rings. The Bertz CT molecular complexity index is 1110. The number of nitrogens with one attached hydrogen (secondary N) is 1. The number of fused-ring (bicyclic) bond motifs is 1. The molecule has 1 saturated heterocycles. The molecule has 5 rings (SSSR count). The number of H-pyrrole nitrogens is 1. The number of para-hydroxylation sites is 1. The first-order chi connectivity index (χ1) is 14.8. The van der Waals surface area contributed by atoms with Gasteiger partial charge in [-0.2, -0.15) is 0 Å². The summed E-state index contributed by atoms with van der Waals surface area (Å²) < 4.78 is 5.78. The maximum Gasteiger partial charge on any atom is 0.264 e. The van der Waals surface area contributed by atoms with Crippen molar-refractivity contribution in [2.45, 2.75) is 31.6 Å². The van der Waals surface area contributed by atoms with Crippen LogP contribution in [0, 0.1) is 0 Å². The minimum atomic E-state index is 0.147. The fourth-order valence-electron chi connectivity index (χ4n) is 4.12. The predicted octanol–water partition coefficient (Wildman–Crippen LogP) is 3.95. The van der Waals surface area contributed by atoms with Gasteiger partial charge in [0.25, 0.3) is 5.89 Å². The number of likely N-dealkylation sites (tertiary alicyclic amines) is 1. The van der Waals surface area contributed by atoms with Crippen LogP contribution in [-0.4, -0.2) is 44.1 Å². The van der Waals surface area contributed by atoms with Crippen molar-refractivity contribution < 1.29 is 9.21 Å². The van der Waals surface area contributed by atoms with Crippen molar-refractivity contribution in [2.75, 3.05) is 13.1 Å². The lowest BCUT2D eigenvalue weighted by molar-refractivity contribution is -0.132. The highest BCUT2D eigenvalue weighted by atomic mass is 16.4. The zero-order valence-corrected chi connectivity index (χ0v) is 16.6. The third-order valence-corrected chi connectivity index (χ3v) is 5.81. The second kappa shape index (κ2) is 8.10. The molecule has 0 atom stereocenters. The first-order valence-electron chi connectivity index (χ1n) is 10.3. The lowest BCUT2D eigenvalue weighted by atomic mass is 9.90. The van der Waals surface area contributed by atoms with Gasteiger partial charge in [-0.3, -0.25) is 9.78 Å². The highest BCUT2D eigenvalue weighted by Crippen LogP contribution is 2.28. The molecule has 0 aliphatic carbocycles. The largest absolute Gasteiger partial charge is 0.419 e. The Morgan fingerprint density at radius 3 is 2.70 bits per heavy atom. The number of amides is 1. The Balaban J connectivity index is 1.16. The average Bonchev–Trinajstić information content (AvgIpc) is 3.45. The van der Waals surface area contributed by atoms with E-state index in [0.717, 1.165) is 42.5 Å². The maximum absolute atomic E-state index is 12.6. The normalized spacial score (nSPS) is 15.0. The van der Waals surface area contributed by atoms with Gasteiger partial charge in [-0.05, 0) is 48.6 Å². The van der Waals surface area contributed by atoms with Crippen LogP contribution in [0.25, 0.3) is 22.5 Å². The van der Waals surface area contributed by atoms with E-state index in [-0.39, 0.29) is 5.91 Å². The Labute approximate surface area is 174 Å². The number of carbonyl (C=O) groups excluding carboxylic acids is 1. The van der Waals surface area contributed by atoms with Crippen LogP contribution in [0.3, 0.4) is 0 Å². The van der Waals surface area contributed by atoms with E-state index in [0.29, 0.717) is 30.5 Å².